The summed E-state index contributed by atoms with van der Waals surface area (Å²) in [6, 6.07) is 7.07. The van der Waals surface area contributed by atoms with Crippen LogP contribution in [0.1, 0.15) is 32.5 Å². The molecule has 0 radical (unpaired) electrons. The number of aryl methyl sites for hydroxylation is 1. The van der Waals surface area contributed by atoms with Crippen molar-refractivity contribution in [2.24, 2.45) is 11.7 Å². The largest absolute Gasteiger partial charge is 0.365 e. The fourth-order valence-corrected chi connectivity index (χ4v) is 3.68. The van der Waals surface area contributed by atoms with Crippen molar-refractivity contribution in [2.75, 3.05) is 5.32 Å². The Bertz CT molecular complexity index is 803. The van der Waals surface area contributed by atoms with E-state index in [9.17, 15) is 9.59 Å². The normalized spacial score (nSPS) is 19.4. The van der Waals surface area contributed by atoms with Crippen LogP contribution in [-0.2, 0) is 4.79 Å². The summed E-state index contributed by atoms with van der Waals surface area (Å²) in [6.45, 7) is 1.84. The van der Waals surface area contributed by atoms with Gasteiger partial charge in [0.05, 0.1) is 20.6 Å². The van der Waals surface area contributed by atoms with Crippen LogP contribution in [0.25, 0.3) is 0 Å². The van der Waals surface area contributed by atoms with Crippen LogP contribution in [0.4, 0.5) is 5.69 Å². The van der Waals surface area contributed by atoms with E-state index in [2.05, 4.69) is 5.32 Å². The van der Waals surface area contributed by atoms with Crippen LogP contribution in [0.3, 0.4) is 0 Å². The van der Waals surface area contributed by atoms with Gasteiger partial charge in [-0.05, 0) is 43.0 Å². The number of hydrogen-bond acceptors (Lipinski definition) is 3. The van der Waals surface area contributed by atoms with E-state index >= 15 is 0 Å². The van der Waals surface area contributed by atoms with Gasteiger partial charge < -0.3 is 11.1 Å². The molecule has 7 heteroatoms. The van der Waals surface area contributed by atoms with Gasteiger partial charge in [-0.3, -0.25) is 9.59 Å². The Hall–Kier alpha value is -1.56. The first kappa shape index (κ1) is 16.3. The molecule has 2 atom stereocenters. The number of primary amides is 1. The highest BCUT2D eigenvalue weighted by atomic mass is 35.5. The summed E-state index contributed by atoms with van der Waals surface area (Å²) in [5, 5.41) is 3.88. The Labute approximate surface area is 147 Å². The van der Waals surface area contributed by atoms with Gasteiger partial charge in [0.15, 0.2) is 0 Å². The Morgan fingerprint density at radius 2 is 2.00 bits per heavy atom. The molecule has 1 aliphatic rings. The van der Waals surface area contributed by atoms with Gasteiger partial charge in [-0.25, -0.2) is 0 Å². The quantitative estimate of drug-likeness (QED) is 0.848. The monoisotopic (exact) mass is 368 g/mol. The lowest BCUT2D eigenvalue weighted by Gasteiger charge is -2.05. The van der Waals surface area contributed by atoms with Crippen molar-refractivity contribution in [2.45, 2.75) is 19.3 Å². The van der Waals surface area contributed by atoms with Crippen LogP contribution in [0.2, 0.25) is 10.0 Å². The van der Waals surface area contributed by atoms with Gasteiger partial charge >= 0.3 is 0 Å². The van der Waals surface area contributed by atoms with Gasteiger partial charge in [0.25, 0.3) is 5.91 Å². The molecule has 1 aromatic carbocycles. The predicted octanol–water partition coefficient (Wildman–Crippen LogP) is 4.20. The van der Waals surface area contributed by atoms with Crippen molar-refractivity contribution < 1.29 is 9.59 Å². The highest BCUT2D eigenvalue weighted by Gasteiger charge is 2.44. The van der Waals surface area contributed by atoms with Crippen molar-refractivity contribution in [3.63, 3.8) is 0 Å². The zero-order valence-corrected chi connectivity index (χ0v) is 14.6. The summed E-state index contributed by atoms with van der Waals surface area (Å²) in [6.07, 6.45) is 0.773. The maximum Gasteiger partial charge on any atom is 0.258 e. The van der Waals surface area contributed by atoms with Crippen LogP contribution in [0.15, 0.2) is 24.3 Å². The lowest BCUT2D eigenvalue weighted by molar-refractivity contribution is -0.117. The summed E-state index contributed by atoms with van der Waals surface area (Å²) in [5.74, 6) is -0.486. The second-order valence-electron chi connectivity index (χ2n) is 5.56. The van der Waals surface area contributed by atoms with Crippen molar-refractivity contribution in [3.05, 3.63) is 49.6 Å². The number of rotatable bonds is 4. The first-order valence-corrected chi connectivity index (χ1v) is 8.60. The standard InChI is InChI=1S/C16H14Cl2N2O2S/c1-7-13(6-14(23-7)15(19)21)20-16(22)10-5-9(10)8-2-3-11(17)12(18)4-8/h2-4,6,9-10H,5H2,1H3,(H2,19,21)(H,20,22). The molecule has 0 saturated heterocycles. The molecule has 1 saturated carbocycles. The molecule has 120 valence electrons. The number of amides is 2. The summed E-state index contributed by atoms with van der Waals surface area (Å²) >= 11 is 13.2. The number of anilines is 1. The Kier molecular flexibility index (Phi) is 4.36. The van der Waals surface area contributed by atoms with Crippen molar-refractivity contribution >= 4 is 52.0 Å². The van der Waals surface area contributed by atoms with E-state index in [1.807, 2.05) is 19.1 Å². The van der Waals surface area contributed by atoms with E-state index in [-0.39, 0.29) is 17.7 Å². The third kappa shape index (κ3) is 3.37. The number of carbonyl (C=O) groups excluding carboxylic acids is 2. The average Bonchev–Trinajstić information content (AvgIpc) is 3.21. The van der Waals surface area contributed by atoms with Crippen LogP contribution in [0.5, 0.6) is 0 Å². The smallest absolute Gasteiger partial charge is 0.258 e. The molecule has 1 heterocycles. The lowest BCUT2D eigenvalue weighted by Crippen LogP contribution is -2.15. The number of nitrogens with one attached hydrogen (secondary N) is 1. The number of halogens is 2. The highest BCUT2D eigenvalue weighted by Crippen LogP contribution is 2.49. The molecule has 2 unspecified atom stereocenters. The SMILES string of the molecule is Cc1sc(C(N)=O)cc1NC(=O)C1CC1c1ccc(Cl)c(Cl)c1. The molecule has 2 aromatic rings. The minimum Gasteiger partial charge on any atom is -0.365 e. The van der Waals surface area contributed by atoms with Gasteiger partial charge in [-0.15, -0.1) is 11.3 Å². The molecule has 3 rings (SSSR count). The zero-order valence-electron chi connectivity index (χ0n) is 12.2. The maximum atomic E-state index is 12.4. The molecule has 0 bridgehead atoms. The van der Waals surface area contributed by atoms with Crippen LogP contribution >= 0.6 is 34.5 Å². The summed E-state index contributed by atoms with van der Waals surface area (Å²) in [5.41, 5.74) is 6.92. The number of carbonyl (C=O) groups is 2. The van der Waals surface area contributed by atoms with E-state index < -0.39 is 5.91 Å². The van der Waals surface area contributed by atoms with Crippen molar-refractivity contribution in [3.8, 4) is 0 Å². The Morgan fingerprint density at radius 1 is 1.26 bits per heavy atom. The van der Waals surface area contributed by atoms with Crippen LogP contribution in [-0.4, -0.2) is 11.8 Å². The van der Waals surface area contributed by atoms with Crippen LogP contribution in [0, 0.1) is 12.8 Å². The minimum absolute atomic E-state index is 0.0574. The van der Waals surface area contributed by atoms with Crippen molar-refractivity contribution in [1.82, 2.24) is 0 Å². The predicted molar refractivity (Wildman–Crippen MR) is 93.5 cm³/mol. The van der Waals surface area contributed by atoms with Gasteiger partial charge in [0, 0.05) is 10.8 Å². The first-order valence-electron chi connectivity index (χ1n) is 7.03. The molecule has 23 heavy (non-hydrogen) atoms. The maximum absolute atomic E-state index is 12.4. The third-order valence-corrected chi connectivity index (χ3v) is 5.72. The molecule has 1 fully saturated rings. The number of hydrogen-bond donors (Lipinski definition) is 2. The summed E-state index contributed by atoms with van der Waals surface area (Å²) in [4.78, 5) is 24.9. The van der Waals surface area contributed by atoms with E-state index in [0.29, 0.717) is 20.6 Å². The molecular formula is C16H14Cl2N2O2S. The summed E-state index contributed by atoms with van der Waals surface area (Å²) in [7, 11) is 0. The fraction of sp³-hybridized carbons (Fsp3) is 0.250. The van der Waals surface area contributed by atoms with Crippen molar-refractivity contribution in [1.29, 1.82) is 0 Å². The van der Waals surface area contributed by atoms with E-state index in [1.165, 1.54) is 11.3 Å². The molecule has 1 aliphatic carbocycles. The second kappa shape index (κ2) is 6.15. The third-order valence-electron chi connectivity index (χ3n) is 3.92. The molecule has 3 N–H and O–H groups in total. The number of nitrogens with two attached hydrogens (primary N) is 1. The van der Waals surface area contributed by atoms with Gasteiger partial charge in [0.2, 0.25) is 5.91 Å². The van der Waals surface area contributed by atoms with E-state index in [1.54, 1.807) is 12.1 Å². The molecule has 0 spiro atoms. The topological polar surface area (TPSA) is 72.2 Å². The average molecular weight is 369 g/mol. The first-order chi connectivity index (χ1) is 10.9. The van der Waals surface area contributed by atoms with E-state index in [0.717, 1.165) is 16.9 Å². The van der Waals surface area contributed by atoms with Gasteiger partial charge in [0.1, 0.15) is 0 Å². The van der Waals surface area contributed by atoms with Gasteiger partial charge in [-0.1, -0.05) is 29.3 Å². The van der Waals surface area contributed by atoms with E-state index in [4.69, 9.17) is 28.9 Å². The minimum atomic E-state index is -0.487. The molecule has 1 aromatic heterocycles. The van der Waals surface area contributed by atoms with Crippen LogP contribution < -0.4 is 11.1 Å². The molecule has 4 nitrogen and oxygen atoms in total. The zero-order chi connectivity index (χ0) is 16.7. The fourth-order valence-electron chi connectivity index (χ4n) is 2.55. The molecular weight excluding hydrogens is 355 g/mol. The number of thiophene rings is 1. The lowest BCUT2D eigenvalue weighted by atomic mass is 10.1. The molecule has 2 amide bonds. The molecule has 0 aliphatic heterocycles. The van der Waals surface area contributed by atoms with Gasteiger partial charge in [-0.2, -0.15) is 0 Å². The number of benzene rings is 1. The second-order valence-corrected chi connectivity index (χ2v) is 7.63. The Balaban J connectivity index is 1.68. The Morgan fingerprint density at radius 3 is 2.61 bits per heavy atom. The summed E-state index contributed by atoms with van der Waals surface area (Å²) < 4.78 is 0. The highest BCUT2D eigenvalue weighted by molar-refractivity contribution is 7.14.